The van der Waals surface area contributed by atoms with Gasteiger partial charge in [-0.1, -0.05) is 18.5 Å². The third-order valence-electron chi connectivity index (χ3n) is 3.37. The van der Waals surface area contributed by atoms with E-state index in [0.717, 1.165) is 6.07 Å². The Morgan fingerprint density at radius 2 is 2.17 bits per heavy atom. The molecule has 124 valence electrons. The molecule has 2 rings (SSSR count). The number of rotatable bonds is 3. The zero-order chi connectivity index (χ0) is 17.3. The molecule has 2 amide bonds. The van der Waals surface area contributed by atoms with Crippen molar-refractivity contribution in [1.82, 2.24) is 0 Å². The first-order valence-electron chi connectivity index (χ1n) is 6.80. The van der Waals surface area contributed by atoms with Crippen LogP contribution in [0, 0.1) is 0 Å². The Bertz CT molecular complexity index is 686. The van der Waals surface area contributed by atoms with Gasteiger partial charge in [-0.25, -0.2) is 9.79 Å². The van der Waals surface area contributed by atoms with E-state index in [9.17, 15) is 18.0 Å². The smallest absolute Gasteiger partial charge is 0.438 e. The highest BCUT2D eigenvalue weighted by Gasteiger charge is 2.60. The van der Waals surface area contributed by atoms with Crippen molar-refractivity contribution in [2.24, 2.45) is 4.99 Å². The maximum Gasteiger partial charge on any atom is 0.438 e. The normalized spacial score (nSPS) is 21.5. The Morgan fingerprint density at radius 1 is 1.48 bits per heavy atom. The second-order valence-corrected chi connectivity index (χ2v) is 5.26. The molecule has 0 aromatic heterocycles. The lowest BCUT2D eigenvalue weighted by atomic mass is 9.92. The standard InChI is InChI=1S/C15H14ClF3N2O2/c1-3-10(4-2)23-14(15(17,18)19)8-20-13(22)21-12-6-5-9(16)7-11(12)14/h3,5-8H,4H2,1-2H3,(H,21,22). The Labute approximate surface area is 136 Å². The van der Waals surface area contributed by atoms with Crippen LogP contribution >= 0.6 is 11.6 Å². The van der Waals surface area contributed by atoms with Crippen molar-refractivity contribution in [2.45, 2.75) is 32.0 Å². The molecule has 0 saturated heterocycles. The summed E-state index contributed by atoms with van der Waals surface area (Å²) in [4.78, 5) is 14.9. The monoisotopic (exact) mass is 346 g/mol. The van der Waals surface area contributed by atoms with Crippen LogP contribution in [0.2, 0.25) is 5.02 Å². The number of nitrogens with zero attached hydrogens (tertiary/aromatic N) is 1. The summed E-state index contributed by atoms with van der Waals surface area (Å²) in [5, 5.41) is 2.38. The van der Waals surface area contributed by atoms with Crippen molar-refractivity contribution in [1.29, 1.82) is 0 Å². The Kier molecular flexibility index (Phi) is 4.70. The molecule has 1 atom stereocenters. The molecule has 1 aromatic rings. The van der Waals surface area contributed by atoms with Crippen LogP contribution < -0.4 is 5.32 Å². The second-order valence-electron chi connectivity index (χ2n) is 4.82. The summed E-state index contributed by atoms with van der Waals surface area (Å²) in [6.45, 7) is 3.23. The SMILES string of the molecule is CC=C(CC)OC1(C(F)(F)F)C=NC(=O)Nc2ccc(Cl)cc21. The first kappa shape index (κ1) is 17.3. The van der Waals surface area contributed by atoms with Gasteiger partial charge in [0.05, 0.1) is 17.7 Å². The van der Waals surface area contributed by atoms with E-state index in [1.54, 1.807) is 13.8 Å². The Balaban J connectivity index is 2.76. The first-order chi connectivity index (χ1) is 10.7. The second kappa shape index (κ2) is 6.23. The topological polar surface area (TPSA) is 50.7 Å². The minimum absolute atomic E-state index is 0.0548. The third-order valence-corrected chi connectivity index (χ3v) is 3.61. The van der Waals surface area contributed by atoms with Crippen LogP contribution in [-0.2, 0) is 10.3 Å². The third kappa shape index (κ3) is 3.19. The number of alkyl halides is 3. The fraction of sp³-hybridized carbons (Fsp3) is 0.333. The number of aliphatic imine (C=N–C) groups is 1. The van der Waals surface area contributed by atoms with Gasteiger partial charge in [-0.2, -0.15) is 13.2 Å². The van der Waals surface area contributed by atoms with E-state index in [-0.39, 0.29) is 28.5 Å². The van der Waals surface area contributed by atoms with Crippen molar-refractivity contribution in [3.8, 4) is 0 Å². The minimum Gasteiger partial charge on any atom is -0.472 e. The number of carbonyl (C=O) groups is 1. The molecule has 1 heterocycles. The molecule has 1 N–H and O–H groups in total. The predicted molar refractivity (Wildman–Crippen MR) is 81.8 cm³/mol. The van der Waals surface area contributed by atoms with E-state index in [4.69, 9.17) is 16.3 Å². The molecular formula is C15H14ClF3N2O2. The molecular weight excluding hydrogens is 333 g/mol. The van der Waals surface area contributed by atoms with Crippen LogP contribution in [0.1, 0.15) is 25.8 Å². The predicted octanol–water partition coefficient (Wildman–Crippen LogP) is 5.04. The molecule has 0 aliphatic carbocycles. The zero-order valence-electron chi connectivity index (χ0n) is 12.4. The molecule has 1 aliphatic heterocycles. The highest BCUT2D eigenvalue weighted by Crippen LogP contribution is 2.47. The van der Waals surface area contributed by atoms with E-state index in [1.165, 1.54) is 18.2 Å². The average Bonchev–Trinajstić information content (AvgIpc) is 2.62. The van der Waals surface area contributed by atoms with Gasteiger partial charge < -0.3 is 10.1 Å². The number of benzene rings is 1. The molecule has 0 spiro atoms. The molecule has 0 saturated carbocycles. The van der Waals surface area contributed by atoms with Crippen LogP contribution in [0.5, 0.6) is 0 Å². The fourth-order valence-electron chi connectivity index (χ4n) is 2.21. The number of halogens is 4. The summed E-state index contributed by atoms with van der Waals surface area (Å²) >= 11 is 5.85. The van der Waals surface area contributed by atoms with Gasteiger partial charge in [-0.15, -0.1) is 0 Å². The molecule has 1 unspecified atom stereocenters. The summed E-state index contributed by atoms with van der Waals surface area (Å²) in [7, 11) is 0. The summed E-state index contributed by atoms with van der Waals surface area (Å²) in [5.74, 6) is 0.119. The number of urea groups is 1. The molecule has 4 nitrogen and oxygen atoms in total. The number of nitrogens with one attached hydrogen (secondary N) is 1. The molecule has 0 radical (unpaired) electrons. The molecule has 8 heteroatoms. The number of fused-ring (bicyclic) bond motifs is 1. The van der Waals surface area contributed by atoms with Gasteiger partial charge in [0.25, 0.3) is 5.60 Å². The van der Waals surface area contributed by atoms with Crippen molar-refractivity contribution in [3.63, 3.8) is 0 Å². The van der Waals surface area contributed by atoms with Crippen molar-refractivity contribution >= 4 is 29.5 Å². The van der Waals surface area contributed by atoms with Gasteiger partial charge in [0.15, 0.2) is 0 Å². The lowest BCUT2D eigenvalue weighted by Gasteiger charge is -2.34. The summed E-state index contributed by atoms with van der Waals surface area (Å²) in [6.07, 6.45) is -2.69. The molecule has 0 fully saturated rings. The van der Waals surface area contributed by atoms with E-state index in [0.29, 0.717) is 6.21 Å². The quantitative estimate of drug-likeness (QED) is 0.779. The summed E-state index contributed by atoms with van der Waals surface area (Å²) in [5.41, 5.74) is -3.27. The number of amides is 2. The molecule has 1 aliphatic rings. The van der Waals surface area contributed by atoms with E-state index in [2.05, 4.69) is 10.3 Å². The highest BCUT2D eigenvalue weighted by molar-refractivity contribution is 6.30. The first-order valence-corrected chi connectivity index (χ1v) is 7.18. The summed E-state index contributed by atoms with van der Waals surface area (Å²) in [6, 6.07) is 2.87. The highest BCUT2D eigenvalue weighted by atomic mass is 35.5. The van der Waals surface area contributed by atoms with Crippen molar-refractivity contribution < 1.29 is 22.7 Å². The van der Waals surface area contributed by atoms with Gasteiger partial charge in [0.1, 0.15) is 0 Å². The van der Waals surface area contributed by atoms with E-state index >= 15 is 0 Å². The largest absolute Gasteiger partial charge is 0.472 e. The molecule has 1 aromatic carbocycles. The van der Waals surface area contributed by atoms with Crippen molar-refractivity contribution in [2.75, 3.05) is 5.32 Å². The number of hydrogen-bond donors (Lipinski definition) is 1. The van der Waals surface area contributed by atoms with E-state index in [1.807, 2.05) is 0 Å². The maximum atomic E-state index is 13.9. The van der Waals surface area contributed by atoms with Crippen LogP contribution in [0.3, 0.4) is 0 Å². The minimum atomic E-state index is -4.86. The van der Waals surface area contributed by atoms with Crippen LogP contribution in [0.25, 0.3) is 0 Å². The summed E-state index contributed by atoms with van der Waals surface area (Å²) < 4.78 is 47.1. The number of ether oxygens (including phenoxy) is 1. The van der Waals surface area contributed by atoms with Crippen LogP contribution in [0.15, 0.2) is 35.0 Å². The van der Waals surface area contributed by atoms with Gasteiger partial charge in [0.2, 0.25) is 0 Å². The maximum absolute atomic E-state index is 13.9. The zero-order valence-corrected chi connectivity index (χ0v) is 13.1. The average molecular weight is 347 g/mol. The number of anilines is 1. The van der Waals surface area contributed by atoms with Gasteiger partial charge in [-0.3, -0.25) is 0 Å². The molecule has 23 heavy (non-hydrogen) atoms. The van der Waals surface area contributed by atoms with Crippen molar-refractivity contribution in [3.05, 3.63) is 40.6 Å². The number of carbonyl (C=O) groups excluding carboxylic acids is 1. The number of hydrogen-bond acceptors (Lipinski definition) is 2. The Morgan fingerprint density at radius 3 is 2.74 bits per heavy atom. The van der Waals surface area contributed by atoms with Crippen LogP contribution in [0.4, 0.5) is 23.7 Å². The van der Waals surface area contributed by atoms with Crippen LogP contribution in [-0.4, -0.2) is 18.4 Å². The van der Waals surface area contributed by atoms with Gasteiger partial charge in [0, 0.05) is 17.0 Å². The lowest BCUT2D eigenvalue weighted by Crippen LogP contribution is -2.46. The fourth-order valence-corrected chi connectivity index (χ4v) is 2.38. The van der Waals surface area contributed by atoms with Gasteiger partial charge >= 0.3 is 12.2 Å². The lowest BCUT2D eigenvalue weighted by molar-refractivity contribution is -0.240. The van der Waals surface area contributed by atoms with E-state index < -0.39 is 17.8 Å². The van der Waals surface area contributed by atoms with Gasteiger partial charge in [-0.05, 0) is 31.2 Å². The number of allylic oxidation sites excluding steroid dienone is 2. The molecule has 0 bridgehead atoms. The Hall–Kier alpha value is -2.02.